The third kappa shape index (κ3) is 4.15. The average Bonchev–Trinajstić information content (AvgIpc) is 2.60. The lowest BCUT2D eigenvalue weighted by Crippen LogP contribution is -2.17. The fraction of sp³-hybridized carbons (Fsp3) is 0.667. The van der Waals surface area contributed by atoms with Crippen LogP contribution < -0.4 is 5.73 Å². The summed E-state index contributed by atoms with van der Waals surface area (Å²) in [7, 11) is 4.05. The van der Waals surface area contributed by atoms with E-state index in [9.17, 15) is 0 Å². The fourth-order valence-corrected chi connectivity index (χ4v) is 1.59. The number of thiazole rings is 1. The lowest BCUT2D eigenvalue weighted by atomic mass is 10.5. The van der Waals surface area contributed by atoms with Crippen LogP contribution in [0.5, 0.6) is 0 Å². The summed E-state index contributed by atoms with van der Waals surface area (Å²) in [5.74, 6) is 0. The first-order valence-electron chi connectivity index (χ1n) is 4.58. The quantitative estimate of drug-likeness (QED) is 0.709. The van der Waals surface area contributed by atoms with E-state index in [0.29, 0.717) is 13.2 Å². The van der Waals surface area contributed by atoms with Gasteiger partial charge >= 0.3 is 0 Å². The van der Waals surface area contributed by atoms with Gasteiger partial charge in [0, 0.05) is 18.5 Å². The van der Waals surface area contributed by atoms with Crippen LogP contribution >= 0.6 is 11.3 Å². The monoisotopic (exact) mass is 215 g/mol. The molecule has 0 fully saturated rings. The molecule has 1 rings (SSSR count). The molecule has 0 atom stereocenters. The molecule has 0 bridgehead atoms. The van der Waals surface area contributed by atoms with Gasteiger partial charge in [-0.1, -0.05) is 0 Å². The summed E-state index contributed by atoms with van der Waals surface area (Å²) in [4.78, 5) is 6.39. The summed E-state index contributed by atoms with van der Waals surface area (Å²) in [5.41, 5.74) is 6.44. The van der Waals surface area contributed by atoms with E-state index in [4.69, 9.17) is 10.5 Å². The summed E-state index contributed by atoms with van der Waals surface area (Å²) in [6, 6.07) is 0. The molecule has 2 N–H and O–H groups in total. The van der Waals surface area contributed by atoms with Crippen LogP contribution in [0.3, 0.4) is 0 Å². The summed E-state index contributed by atoms with van der Waals surface area (Å²) < 4.78 is 5.45. The van der Waals surface area contributed by atoms with Crippen molar-refractivity contribution in [3.05, 3.63) is 16.1 Å². The van der Waals surface area contributed by atoms with E-state index in [1.54, 1.807) is 11.3 Å². The molecule has 14 heavy (non-hydrogen) atoms. The van der Waals surface area contributed by atoms with Gasteiger partial charge in [0.05, 0.1) is 18.9 Å². The van der Waals surface area contributed by atoms with Gasteiger partial charge < -0.3 is 15.4 Å². The zero-order chi connectivity index (χ0) is 10.4. The van der Waals surface area contributed by atoms with E-state index >= 15 is 0 Å². The van der Waals surface area contributed by atoms with Crippen LogP contribution in [0.1, 0.15) is 10.7 Å². The maximum absolute atomic E-state index is 5.46. The predicted octanol–water partition coefficient (Wildman–Crippen LogP) is 0.680. The lowest BCUT2D eigenvalue weighted by Gasteiger charge is -2.08. The Labute approximate surface area is 88.7 Å². The second-order valence-corrected chi connectivity index (χ2v) is 4.24. The van der Waals surface area contributed by atoms with Crippen molar-refractivity contribution in [2.75, 3.05) is 27.2 Å². The van der Waals surface area contributed by atoms with Gasteiger partial charge in [0.2, 0.25) is 0 Å². The van der Waals surface area contributed by atoms with Crippen LogP contribution in [0, 0.1) is 0 Å². The Morgan fingerprint density at radius 2 is 2.36 bits per heavy atom. The molecule has 5 heteroatoms. The molecule has 1 aromatic heterocycles. The third-order valence-electron chi connectivity index (χ3n) is 1.71. The number of ether oxygens (including phenoxy) is 1. The molecule has 0 spiro atoms. The van der Waals surface area contributed by atoms with E-state index in [1.807, 2.05) is 19.5 Å². The maximum atomic E-state index is 5.46. The molecule has 0 radical (unpaired) electrons. The minimum atomic E-state index is 0.516. The van der Waals surface area contributed by atoms with Gasteiger partial charge in [-0.25, -0.2) is 4.98 Å². The van der Waals surface area contributed by atoms with Crippen LogP contribution in [0.2, 0.25) is 0 Å². The Morgan fingerprint density at radius 1 is 1.57 bits per heavy atom. The van der Waals surface area contributed by atoms with Crippen LogP contribution in [-0.2, 0) is 17.9 Å². The molecule has 4 nitrogen and oxygen atoms in total. The van der Waals surface area contributed by atoms with Gasteiger partial charge in [0.15, 0.2) is 0 Å². The van der Waals surface area contributed by atoms with Crippen molar-refractivity contribution in [1.29, 1.82) is 0 Å². The Balaban J connectivity index is 2.18. The number of rotatable bonds is 6. The first-order chi connectivity index (χ1) is 6.72. The molecule has 0 unspecified atom stereocenters. The van der Waals surface area contributed by atoms with Gasteiger partial charge in [-0.3, -0.25) is 0 Å². The van der Waals surface area contributed by atoms with E-state index in [0.717, 1.165) is 23.9 Å². The van der Waals surface area contributed by atoms with Crippen molar-refractivity contribution in [1.82, 2.24) is 9.88 Å². The Kier molecular flexibility index (Phi) is 5.03. The summed E-state index contributed by atoms with van der Waals surface area (Å²) in [5, 5.41) is 2.97. The molecular weight excluding hydrogens is 198 g/mol. The smallest absolute Gasteiger partial charge is 0.107 e. The largest absolute Gasteiger partial charge is 0.374 e. The molecule has 0 aromatic carbocycles. The fourth-order valence-electron chi connectivity index (χ4n) is 0.933. The second kappa shape index (κ2) is 6.08. The zero-order valence-corrected chi connectivity index (χ0v) is 9.51. The highest BCUT2D eigenvalue weighted by atomic mass is 32.1. The van der Waals surface area contributed by atoms with Gasteiger partial charge in [-0.15, -0.1) is 11.3 Å². The molecule has 0 saturated carbocycles. The molecular formula is C9H17N3OS. The SMILES string of the molecule is CN(C)CCOCc1csc(CN)n1. The van der Waals surface area contributed by atoms with E-state index in [1.165, 1.54) is 0 Å². The number of hydrogen-bond donors (Lipinski definition) is 1. The van der Waals surface area contributed by atoms with Gasteiger partial charge in [-0.05, 0) is 14.1 Å². The lowest BCUT2D eigenvalue weighted by molar-refractivity contribution is 0.103. The first kappa shape index (κ1) is 11.6. The number of nitrogens with two attached hydrogens (primary N) is 1. The minimum Gasteiger partial charge on any atom is -0.374 e. The van der Waals surface area contributed by atoms with Gasteiger partial charge in [-0.2, -0.15) is 0 Å². The Bertz CT molecular complexity index is 262. The first-order valence-corrected chi connectivity index (χ1v) is 5.46. The molecule has 1 heterocycles. The molecule has 0 aliphatic carbocycles. The summed E-state index contributed by atoms with van der Waals surface area (Å²) >= 11 is 1.59. The van der Waals surface area contributed by atoms with Gasteiger partial charge in [0.1, 0.15) is 5.01 Å². The number of aromatic nitrogens is 1. The standard InChI is InChI=1S/C9H17N3OS/c1-12(2)3-4-13-6-8-7-14-9(5-10)11-8/h7H,3-6,10H2,1-2H3. The van der Waals surface area contributed by atoms with Crippen molar-refractivity contribution in [3.8, 4) is 0 Å². The summed E-state index contributed by atoms with van der Waals surface area (Å²) in [6.45, 7) is 2.78. The molecule has 0 aliphatic heterocycles. The van der Waals surface area contributed by atoms with E-state index in [-0.39, 0.29) is 0 Å². The molecule has 0 amide bonds. The van der Waals surface area contributed by atoms with Crippen LogP contribution in [-0.4, -0.2) is 37.1 Å². The van der Waals surface area contributed by atoms with E-state index in [2.05, 4.69) is 9.88 Å². The number of hydrogen-bond acceptors (Lipinski definition) is 5. The molecule has 80 valence electrons. The Morgan fingerprint density at radius 3 is 2.93 bits per heavy atom. The Hall–Kier alpha value is -0.490. The topological polar surface area (TPSA) is 51.4 Å². The molecule has 1 aromatic rings. The van der Waals surface area contributed by atoms with Gasteiger partial charge in [0.25, 0.3) is 0 Å². The molecule has 0 aliphatic rings. The normalized spacial score (nSPS) is 11.1. The van der Waals surface area contributed by atoms with Crippen LogP contribution in [0.25, 0.3) is 0 Å². The highest BCUT2D eigenvalue weighted by Gasteiger charge is 2.00. The highest BCUT2D eigenvalue weighted by molar-refractivity contribution is 7.09. The minimum absolute atomic E-state index is 0.516. The van der Waals surface area contributed by atoms with Crippen LogP contribution in [0.4, 0.5) is 0 Å². The third-order valence-corrected chi connectivity index (χ3v) is 2.63. The van der Waals surface area contributed by atoms with Crippen molar-refractivity contribution in [2.24, 2.45) is 5.73 Å². The van der Waals surface area contributed by atoms with Crippen molar-refractivity contribution < 1.29 is 4.74 Å². The zero-order valence-electron chi connectivity index (χ0n) is 8.69. The predicted molar refractivity (Wildman–Crippen MR) is 58.2 cm³/mol. The van der Waals surface area contributed by atoms with Crippen molar-refractivity contribution in [2.45, 2.75) is 13.2 Å². The number of nitrogens with zero attached hydrogens (tertiary/aromatic N) is 2. The average molecular weight is 215 g/mol. The maximum Gasteiger partial charge on any atom is 0.107 e. The van der Waals surface area contributed by atoms with Crippen LogP contribution in [0.15, 0.2) is 5.38 Å². The molecule has 0 saturated heterocycles. The van der Waals surface area contributed by atoms with Crippen molar-refractivity contribution >= 4 is 11.3 Å². The second-order valence-electron chi connectivity index (χ2n) is 3.29. The summed E-state index contributed by atoms with van der Waals surface area (Å²) in [6.07, 6.45) is 0. The van der Waals surface area contributed by atoms with Crippen molar-refractivity contribution in [3.63, 3.8) is 0 Å². The highest BCUT2D eigenvalue weighted by Crippen LogP contribution is 2.09. The van der Waals surface area contributed by atoms with E-state index < -0.39 is 0 Å². The number of likely N-dealkylation sites (N-methyl/N-ethyl adjacent to an activating group) is 1.